The van der Waals surface area contributed by atoms with Crippen LogP contribution in [0.2, 0.25) is 0 Å². The molecule has 0 spiro atoms. The van der Waals surface area contributed by atoms with Crippen LogP contribution < -0.4 is 0 Å². The first-order valence-corrected chi connectivity index (χ1v) is 4.83. The molecule has 0 bridgehead atoms. The van der Waals surface area contributed by atoms with E-state index in [-0.39, 0.29) is 5.41 Å². The van der Waals surface area contributed by atoms with Gasteiger partial charge in [-0.2, -0.15) is 5.10 Å². The standard InChI is InChI=1S/C12H13N3/c1-5-9-7-13-11-6-10(12(2,3)4)14-15(11)8-9/h1,6-8H,2-4H3. The third-order valence-electron chi connectivity index (χ3n) is 2.25. The van der Waals surface area contributed by atoms with Crippen molar-refractivity contribution < 1.29 is 0 Å². The molecular formula is C12H13N3. The van der Waals surface area contributed by atoms with Crippen LogP contribution in [0.4, 0.5) is 0 Å². The first-order valence-electron chi connectivity index (χ1n) is 4.83. The Morgan fingerprint density at radius 2 is 2.13 bits per heavy atom. The smallest absolute Gasteiger partial charge is 0.155 e. The average Bonchev–Trinajstić information content (AvgIpc) is 2.59. The molecule has 2 aromatic heterocycles. The summed E-state index contributed by atoms with van der Waals surface area (Å²) in [6, 6.07) is 1.99. The highest BCUT2D eigenvalue weighted by Gasteiger charge is 2.17. The van der Waals surface area contributed by atoms with Gasteiger partial charge >= 0.3 is 0 Å². The van der Waals surface area contributed by atoms with Gasteiger partial charge in [0.1, 0.15) is 0 Å². The van der Waals surface area contributed by atoms with Crippen molar-refractivity contribution in [3.63, 3.8) is 0 Å². The molecule has 0 saturated heterocycles. The molecule has 0 aliphatic carbocycles. The SMILES string of the molecule is C#Cc1cnc2cc(C(C)(C)C)nn2c1. The number of nitrogens with zero attached hydrogens (tertiary/aromatic N) is 3. The van der Waals surface area contributed by atoms with Gasteiger partial charge < -0.3 is 0 Å². The van der Waals surface area contributed by atoms with Crippen LogP contribution in [-0.2, 0) is 5.41 Å². The molecule has 0 radical (unpaired) electrons. The lowest BCUT2D eigenvalue weighted by molar-refractivity contribution is 0.562. The summed E-state index contributed by atoms with van der Waals surface area (Å²) in [5, 5.41) is 4.45. The van der Waals surface area contributed by atoms with E-state index in [9.17, 15) is 0 Å². The lowest BCUT2D eigenvalue weighted by atomic mass is 9.93. The van der Waals surface area contributed by atoms with Gasteiger partial charge in [-0.25, -0.2) is 9.50 Å². The Bertz CT molecular complexity index is 538. The van der Waals surface area contributed by atoms with Crippen molar-refractivity contribution in [1.29, 1.82) is 0 Å². The molecule has 0 fully saturated rings. The molecule has 3 nitrogen and oxygen atoms in total. The van der Waals surface area contributed by atoms with Crippen molar-refractivity contribution in [1.82, 2.24) is 14.6 Å². The third-order valence-corrected chi connectivity index (χ3v) is 2.25. The third kappa shape index (κ3) is 1.71. The van der Waals surface area contributed by atoms with E-state index in [1.807, 2.05) is 12.3 Å². The van der Waals surface area contributed by atoms with Crippen LogP contribution in [0.5, 0.6) is 0 Å². The predicted molar refractivity (Wildman–Crippen MR) is 59.6 cm³/mol. The summed E-state index contributed by atoms with van der Waals surface area (Å²) < 4.78 is 1.73. The molecule has 0 atom stereocenters. The molecular weight excluding hydrogens is 186 g/mol. The summed E-state index contributed by atoms with van der Waals surface area (Å²) in [7, 11) is 0. The Balaban J connectivity index is 2.62. The van der Waals surface area contributed by atoms with Crippen molar-refractivity contribution >= 4 is 5.65 Å². The minimum atomic E-state index is 0.0318. The second kappa shape index (κ2) is 3.09. The molecule has 0 aromatic carbocycles. The maximum absolute atomic E-state index is 5.30. The highest BCUT2D eigenvalue weighted by Crippen LogP contribution is 2.21. The number of aromatic nitrogens is 3. The lowest BCUT2D eigenvalue weighted by Gasteiger charge is -2.13. The number of hydrogen-bond acceptors (Lipinski definition) is 2. The molecule has 0 aliphatic rings. The van der Waals surface area contributed by atoms with Gasteiger partial charge in [0.15, 0.2) is 5.65 Å². The maximum atomic E-state index is 5.30. The molecule has 2 aromatic rings. The molecule has 15 heavy (non-hydrogen) atoms. The number of terminal acetylenes is 1. The maximum Gasteiger partial charge on any atom is 0.155 e. The lowest BCUT2D eigenvalue weighted by Crippen LogP contribution is -2.11. The molecule has 2 heterocycles. The van der Waals surface area contributed by atoms with Crippen LogP contribution in [0.3, 0.4) is 0 Å². The molecule has 0 amide bonds. The van der Waals surface area contributed by atoms with Crippen molar-refractivity contribution in [2.45, 2.75) is 26.2 Å². The molecule has 2 rings (SSSR count). The Kier molecular flexibility index (Phi) is 2.01. The van der Waals surface area contributed by atoms with Crippen LogP contribution in [0.25, 0.3) is 5.65 Å². The van der Waals surface area contributed by atoms with Crippen molar-refractivity contribution in [2.24, 2.45) is 0 Å². The molecule has 0 N–H and O–H groups in total. The van der Waals surface area contributed by atoms with E-state index in [0.29, 0.717) is 0 Å². The number of fused-ring (bicyclic) bond motifs is 1. The van der Waals surface area contributed by atoms with Gasteiger partial charge in [0, 0.05) is 23.9 Å². The molecule has 0 saturated carbocycles. The summed E-state index contributed by atoms with van der Waals surface area (Å²) in [4.78, 5) is 4.24. The Morgan fingerprint density at radius 3 is 2.73 bits per heavy atom. The largest absolute Gasteiger partial charge is 0.236 e. The van der Waals surface area contributed by atoms with Crippen LogP contribution in [0.1, 0.15) is 32.0 Å². The van der Waals surface area contributed by atoms with Crippen LogP contribution >= 0.6 is 0 Å². The highest BCUT2D eigenvalue weighted by molar-refractivity contribution is 5.43. The summed E-state index contributed by atoms with van der Waals surface area (Å²) in [5.41, 5.74) is 2.62. The van der Waals surface area contributed by atoms with E-state index < -0.39 is 0 Å². The van der Waals surface area contributed by atoms with Crippen molar-refractivity contribution in [3.8, 4) is 12.3 Å². The fourth-order valence-corrected chi connectivity index (χ4v) is 1.32. The van der Waals surface area contributed by atoms with E-state index in [1.165, 1.54) is 0 Å². The fraction of sp³-hybridized carbons (Fsp3) is 0.333. The second-order valence-electron chi connectivity index (χ2n) is 4.57. The van der Waals surface area contributed by atoms with Gasteiger partial charge in [-0.05, 0) is 0 Å². The quantitative estimate of drug-likeness (QED) is 0.607. The summed E-state index contributed by atoms with van der Waals surface area (Å²) in [5.74, 6) is 2.54. The zero-order valence-corrected chi connectivity index (χ0v) is 9.15. The van der Waals surface area contributed by atoms with E-state index >= 15 is 0 Å². The van der Waals surface area contributed by atoms with E-state index in [2.05, 4.69) is 36.8 Å². The average molecular weight is 199 g/mol. The minimum Gasteiger partial charge on any atom is -0.236 e. The summed E-state index contributed by atoms with van der Waals surface area (Å²) >= 11 is 0. The molecule has 0 unspecified atom stereocenters. The molecule has 76 valence electrons. The number of hydrogen-bond donors (Lipinski definition) is 0. The van der Waals surface area contributed by atoms with E-state index in [0.717, 1.165) is 16.9 Å². The van der Waals surface area contributed by atoms with Crippen LogP contribution in [0.15, 0.2) is 18.5 Å². The topological polar surface area (TPSA) is 30.2 Å². The van der Waals surface area contributed by atoms with Gasteiger partial charge in [0.25, 0.3) is 0 Å². The van der Waals surface area contributed by atoms with Gasteiger partial charge in [-0.1, -0.05) is 26.7 Å². The normalized spacial score (nSPS) is 11.6. The first-order chi connectivity index (χ1) is 7.00. The van der Waals surface area contributed by atoms with Crippen LogP contribution in [-0.4, -0.2) is 14.6 Å². The molecule has 3 heteroatoms. The van der Waals surface area contributed by atoms with Gasteiger partial charge in [-0.15, -0.1) is 6.42 Å². The predicted octanol–water partition coefficient (Wildman–Crippen LogP) is 2.01. The zero-order valence-electron chi connectivity index (χ0n) is 9.15. The van der Waals surface area contributed by atoms with Gasteiger partial charge in [-0.3, -0.25) is 0 Å². The monoisotopic (exact) mass is 199 g/mol. The fourth-order valence-electron chi connectivity index (χ4n) is 1.32. The van der Waals surface area contributed by atoms with E-state index in [4.69, 9.17) is 6.42 Å². The van der Waals surface area contributed by atoms with Crippen molar-refractivity contribution in [3.05, 3.63) is 29.7 Å². The van der Waals surface area contributed by atoms with Crippen molar-refractivity contribution in [2.75, 3.05) is 0 Å². The highest BCUT2D eigenvalue weighted by atomic mass is 15.2. The molecule has 0 aliphatic heterocycles. The Morgan fingerprint density at radius 1 is 1.40 bits per heavy atom. The Hall–Kier alpha value is -1.82. The van der Waals surface area contributed by atoms with Crippen LogP contribution in [0, 0.1) is 12.3 Å². The van der Waals surface area contributed by atoms with Gasteiger partial charge in [0.2, 0.25) is 0 Å². The Labute approximate surface area is 89.1 Å². The summed E-state index contributed by atoms with van der Waals surface area (Å²) in [6.07, 6.45) is 8.80. The second-order valence-corrected chi connectivity index (χ2v) is 4.57. The zero-order chi connectivity index (χ0) is 11.1. The minimum absolute atomic E-state index is 0.0318. The van der Waals surface area contributed by atoms with E-state index in [1.54, 1.807) is 10.7 Å². The number of rotatable bonds is 0. The first kappa shape index (κ1) is 9.72. The summed E-state index contributed by atoms with van der Waals surface area (Å²) in [6.45, 7) is 6.37. The van der Waals surface area contributed by atoms with Gasteiger partial charge in [0.05, 0.1) is 11.3 Å².